The number of hydrogen-bond acceptors (Lipinski definition) is 3. The quantitative estimate of drug-likeness (QED) is 0.574. The summed E-state index contributed by atoms with van der Waals surface area (Å²) in [6.45, 7) is 8.06. The number of nitrogens with one attached hydrogen (secondary N) is 1. The molecule has 3 heteroatoms. The molecule has 0 aliphatic carbocycles. The van der Waals surface area contributed by atoms with Crippen LogP contribution in [0.1, 0.15) is 20.3 Å². The van der Waals surface area contributed by atoms with Crippen LogP contribution in [0.4, 0.5) is 0 Å². The summed E-state index contributed by atoms with van der Waals surface area (Å²) in [7, 11) is 4.21. The van der Waals surface area contributed by atoms with E-state index in [1.807, 2.05) is 6.92 Å². The van der Waals surface area contributed by atoms with Crippen molar-refractivity contribution in [2.75, 3.05) is 40.4 Å². The molecular weight excluding hydrogens is 164 g/mol. The summed E-state index contributed by atoms with van der Waals surface area (Å²) >= 11 is 0. The largest absolute Gasteiger partial charge is 0.382 e. The summed E-state index contributed by atoms with van der Waals surface area (Å²) in [5.74, 6) is 0. The molecule has 0 aliphatic rings. The maximum absolute atomic E-state index is 5.24. The van der Waals surface area contributed by atoms with Crippen LogP contribution in [-0.2, 0) is 4.74 Å². The zero-order valence-electron chi connectivity index (χ0n) is 9.47. The summed E-state index contributed by atoms with van der Waals surface area (Å²) in [6.07, 6.45) is 1.11. The minimum atomic E-state index is 0.604. The van der Waals surface area contributed by atoms with Crippen LogP contribution in [-0.4, -0.2) is 51.3 Å². The van der Waals surface area contributed by atoms with E-state index in [0.717, 1.165) is 32.7 Å². The average molecular weight is 188 g/mol. The van der Waals surface area contributed by atoms with E-state index in [4.69, 9.17) is 4.74 Å². The van der Waals surface area contributed by atoms with Crippen LogP contribution in [0.2, 0.25) is 0 Å². The Hall–Kier alpha value is -0.120. The van der Waals surface area contributed by atoms with Crippen molar-refractivity contribution >= 4 is 0 Å². The van der Waals surface area contributed by atoms with Gasteiger partial charge < -0.3 is 15.0 Å². The van der Waals surface area contributed by atoms with Crippen molar-refractivity contribution in [1.82, 2.24) is 10.2 Å². The molecule has 0 saturated carbocycles. The maximum atomic E-state index is 5.24. The number of nitrogens with zero attached hydrogens (tertiary/aromatic N) is 1. The van der Waals surface area contributed by atoms with E-state index in [1.54, 1.807) is 0 Å². The van der Waals surface area contributed by atoms with E-state index >= 15 is 0 Å². The van der Waals surface area contributed by atoms with Gasteiger partial charge in [0.2, 0.25) is 0 Å². The molecule has 0 bridgehead atoms. The van der Waals surface area contributed by atoms with Crippen LogP contribution < -0.4 is 5.32 Å². The van der Waals surface area contributed by atoms with Crippen LogP contribution in [0.15, 0.2) is 0 Å². The molecule has 0 fully saturated rings. The monoisotopic (exact) mass is 188 g/mol. The fourth-order valence-corrected chi connectivity index (χ4v) is 0.937. The van der Waals surface area contributed by atoms with E-state index < -0.39 is 0 Å². The zero-order valence-corrected chi connectivity index (χ0v) is 9.47. The Labute approximate surface area is 82.4 Å². The first-order valence-corrected chi connectivity index (χ1v) is 5.13. The van der Waals surface area contributed by atoms with Crippen LogP contribution >= 0.6 is 0 Å². The van der Waals surface area contributed by atoms with Gasteiger partial charge in [0.15, 0.2) is 0 Å². The molecule has 0 aromatic carbocycles. The highest BCUT2D eigenvalue weighted by atomic mass is 16.5. The van der Waals surface area contributed by atoms with Gasteiger partial charge in [-0.1, -0.05) is 0 Å². The first-order chi connectivity index (χ1) is 6.18. The standard InChI is InChI=1S/C10H24N2O/c1-5-13-8-6-7-11-9-10(2)12(3)4/h10-11H,5-9H2,1-4H3. The highest BCUT2D eigenvalue weighted by Crippen LogP contribution is 1.88. The molecule has 0 heterocycles. The number of ether oxygens (including phenoxy) is 1. The van der Waals surface area contributed by atoms with Gasteiger partial charge in [0.05, 0.1) is 0 Å². The average Bonchev–Trinajstić information content (AvgIpc) is 2.10. The minimum Gasteiger partial charge on any atom is -0.382 e. The summed E-state index contributed by atoms with van der Waals surface area (Å²) in [6, 6.07) is 0.604. The second-order valence-electron chi connectivity index (χ2n) is 3.57. The van der Waals surface area contributed by atoms with Crippen molar-refractivity contribution in [1.29, 1.82) is 0 Å². The normalized spacial score (nSPS) is 13.6. The molecule has 0 aliphatic heterocycles. The second-order valence-corrected chi connectivity index (χ2v) is 3.57. The van der Waals surface area contributed by atoms with Gasteiger partial charge in [0, 0.05) is 25.8 Å². The van der Waals surface area contributed by atoms with Crippen molar-refractivity contribution < 1.29 is 4.74 Å². The molecule has 1 unspecified atom stereocenters. The molecule has 0 radical (unpaired) electrons. The van der Waals surface area contributed by atoms with Crippen LogP contribution in [0, 0.1) is 0 Å². The lowest BCUT2D eigenvalue weighted by Crippen LogP contribution is -2.35. The van der Waals surface area contributed by atoms with Gasteiger partial charge in [-0.15, -0.1) is 0 Å². The highest BCUT2D eigenvalue weighted by molar-refractivity contribution is 4.62. The van der Waals surface area contributed by atoms with Crippen LogP contribution in [0.25, 0.3) is 0 Å². The van der Waals surface area contributed by atoms with E-state index in [1.165, 1.54) is 0 Å². The third-order valence-electron chi connectivity index (χ3n) is 2.17. The van der Waals surface area contributed by atoms with Crippen molar-refractivity contribution in [3.8, 4) is 0 Å². The molecule has 13 heavy (non-hydrogen) atoms. The highest BCUT2D eigenvalue weighted by Gasteiger charge is 2.01. The molecule has 0 saturated heterocycles. The summed E-state index contributed by atoms with van der Waals surface area (Å²) in [5.41, 5.74) is 0. The van der Waals surface area contributed by atoms with Gasteiger partial charge in [-0.25, -0.2) is 0 Å². The predicted octanol–water partition coefficient (Wildman–Crippen LogP) is 0.953. The smallest absolute Gasteiger partial charge is 0.0477 e. The molecule has 0 amide bonds. The Morgan fingerprint density at radius 3 is 2.62 bits per heavy atom. The van der Waals surface area contributed by atoms with Gasteiger partial charge in [0.25, 0.3) is 0 Å². The topological polar surface area (TPSA) is 24.5 Å². The SMILES string of the molecule is CCOCCCNCC(C)N(C)C. The third-order valence-corrected chi connectivity index (χ3v) is 2.17. The lowest BCUT2D eigenvalue weighted by atomic mass is 10.3. The fraction of sp³-hybridized carbons (Fsp3) is 1.00. The first-order valence-electron chi connectivity index (χ1n) is 5.13. The molecule has 80 valence electrons. The Balaban J connectivity index is 3.07. The molecule has 0 aromatic rings. The summed E-state index contributed by atoms with van der Waals surface area (Å²) in [5, 5.41) is 3.40. The third kappa shape index (κ3) is 8.22. The van der Waals surface area contributed by atoms with Gasteiger partial charge in [0.1, 0.15) is 0 Å². The molecule has 0 spiro atoms. The number of likely N-dealkylation sites (N-methyl/N-ethyl adjacent to an activating group) is 1. The van der Waals surface area contributed by atoms with E-state index in [9.17, 15) is 0 Å². The van der Waals surface area contributed by atoms with E-state index in [2.05, 4.69) is 31.2 Å². The fourth-order valence-electron chi connectivity index (χ4n) is 0.937. The molecule has 1 N–H and O–H groups in total. The predicted molar refractivity (Wildman–Crippen MR) is 57.1 cm³/mol. The van der Waals surface area contributed by atoms with Crippen molar-refractivity contribution in [2.45, 2.75) is 26.3 Å². The van der Waals surface area contributed by atoms with E-state index in [-0.39, 0.29) is 0 Å². The van der Waals surface area contributed by atoms with Crippen molar-refractivity contribution in [2.24, 2.45) is 0 Å². The summed E-state index contributed by atoms with van der Waals surface area (Å²) in [4.78, 5) is 2.22. The van der Waals surface area contributed by atoms with Crippen molar-refractivity contribution in [3.05, 3.63) is 0 Å². The Morgan fingerprint density at radius 2 is 2.08 bits per heavy atom. The van der Waals surface area contributed by atoms with Crippen LogP contribution in [0.3, 0.4) is 0 Å². The van der Waals surface area contributed by atoms with Crippen LogP contribution in [0.5, 0.6) is 0 Å². The second kappa shape index (κ2) is 8.48. The molecular formula is C10H24N2O. The summed E-state index contributed by atoms with van der Waals surface area (Å²) < 4.78 is 5.24. The van der Waals surface area contributed by atoms with E-state index in [0.29, 0.717) is 6.04 Å². The van der Waals surface area contributed by atoms with Gasteiger partial charge >= 0.3 is 0 Å². The van der Waals surface area contributed by atoms with Gasteiger partial charge in [-0.3, -0.25) is 0 Å². The molecule has 3 nitrogen and oxygen atoms in total. The number of rotatable bonds is 8. The minimum absolute atomic E-state index is 0.604. The van der Waals surface area contributed by atoms with Gasteiger partial charge in [-0.2, -0.15) is 0 Å². The van der Waals surface area contributed by atoms with Gasteiger partial charge in [-0.05, 0) is 40.9 Å². The lowest BCUT2D eigenvalue weighted by molar-refractivity contribution is 0.144. The maximum Gasteiger partial charge on any atom is 0.0477 e. The molecule has 0 aromatic heterocycles. The lowest BCUT2D eigenvalue weighted by Gasteiger charge is -2.19. The zero-order chi connectivity index (χ0) is 10.1. The molecule has 0 rings (SSSR count). The Morgan fingerprint density at radius 1 is 1.38 bits per heavy atom. The van der Waals surface area contributed by atoms with Crippen molar-refractivity contribution in [3.63, 3.8) is 0 Å². The first kappa shape index (κ1) is 12.9. The number of hydrogen-bond donors (Lipinski definition) is 1. The Bertz CT molecular complexity index is 107. The molecule has 1 atom stereocenters. The Kier molecular flexibility index (Phi) is 8.40.